The van der Waals surface area contributed by atoms with Crippen LogP contribution in [0.5, 0.6) is 0 Å². The second kappa shape index (κ2) is 5.46. The zero-order valence-electron chi connectivity index (χ0n) is 11.6. The van der Waals surface area contributed by atoms with Crippen molar-refractivity contribution in [3.8, 4) is 10.6 Å². The molecular formula is C15H17N5S. The largest absolute Gasteiger partial charge is 0.298 e. The van der Waals surface area contributed by atoms with Crippen LogP contribution in [0, 0.1) is 0 Å². The fourth-order valence-corrected chi connectivity index (χ4v) is 3.79. The Morgan fingerprint density at radius 1 is 1.29 bits per heavy atom. The average molecular weight is 299 g/mol. The minimum atomic E-state index is 0.574. The molecule has 0 saturated carbocycles. The minimum absolute atomic E-state index is 0.574. The predicted molar refractivity (Wildman–Crippen MR) is 83.1 cm³/mol. The highest BCUT2D eigenvalue weighted by Crippen LogP contribution is 2.30. The van der Waals surface area contributed by atoms with Crippen molar-refractivity contribution in [2.75, 3.05) is 13.1 Å². The molecule has 2 N–H and O–H groups in total. The van der Waals surface area contributed by atoms with E-state index in [9.17, 15) is 0 Å². The molecule has 0 aromatic carbocycles. The molecule has 6 heteroatoms. The van der Waals surface area contributed by atoms with E-state index < -0.39 is 0 Å². The number of hydrogen-bond donors (Lipinski definition) is 2. The normalized spacial score (nSPS) is 19.3. The molecular weight excluding hydrogens is 282 g/mol. The topological polar surface area (TPSA) is 60.6 Å². The molecule has 0 aliphatic carbocycles. The summed E-state index contributed by atoms with van der Waals surface area (Å²) in [5.41, 5.74) is 3.70. The lowest BCUT2D eigenvalue weighted by Gasteiger charge is -2.15. The van der Waals surface area contributed by atoms with E-state index >= 15 is 0 Å². The first-order valence-electron chi connectivity index (χ1n) is 7.18. The zero-order valence-corrected chi connectivity index (χ0v) is 12.4. The number of thiophene rings is 1. The van der Waals surface area contributed by atoms with Crippen LogP contribution in [-0.2, 0) is 6.54 Å². The molecule has 1 atom stereocenters. The highest BCUT2D eigenvalue weighted by molar-refractivity contribution is 7.13. The molecule has 21 heavy (non-hydrogen) atoms. The van der Waals surface area contributed by atoms with Gasteiger partial charge in [-0.3, -0.25) is 15.1 Å². The summed E-state index contributed by atoms with van der Waals surface area (Å²) in [7, 11) is 0. The standard InChI is InChI=1S/C15H17N5S/c1-2-14(21-7-1)15-12(8-17-19-15)10-20-6-4-11(9-20)13-3-5-16-18-13/h1-3,5,7-8,11H,4,6,9-10H2,(H,16,18)(H,17,19). The molecule has 4 rings (SSSR count). The van der Waals surface area contributed by atoms with Crippen LogP contribution in [0.25, 0.3) is 10.6 Å². The molecule has 108 valence electrons. The third kappa shape index (κ3) is 2.52. The lowest BCUT2D eigenvalue weighted by molar-refractivity contribution is 0.327. The zero-order chi connectivity index (χ0) is 14.1. The summed E-state index contributed by atoms with van der Waals surface area (Å²) in [6, 6.07) is 6.30. The van der Waals surface area contributed by atoms with Crippen LogP contribution in [0.3, 0.4) is 0 Å². The fourth-order valence-electron chi connectivity index (χ4n) is 3.03. The molecule has 1 aliphatic heterocycles. The molecule has 3 aromatic heterocycles. The molecule has 1 fully saturated rings. The molecule has 3 aromatic rings. The van der Waals surface area contributed by atoms with Crippen molar-refractivity contribution in [1.82, 2.24) is 25.3 Å². The summed E-state index contributed by atoms with van der Waals surface area (Å²) in [6.07, 6.45) is 4.98. The van der Waals surface area contributed by atoms with Gasteiger partial charge in [-0.2, -0.15) is 10.2 Å². The third-order valence-corrected chi connectivity index (χ3v) is 5.00. The van der Waals surface area contributed by atoms with E-state index in [0.29, 0.717) is 5.92 Å². The summed E-state index contributed by atoms with van der Waals surface area (Å²) in [5.74, 6) is 0.574. The van der Waals surface area contributed by atoms with Crippen molar-refractivity contribution in [3.05, 3.63) is 47.2 Å². The lowest BCUT2D eigenvalue weighted by Crippen LogP contribution is -2.19. The summed E-state index contributed by atoms with van der Waals surface area (Å²) >= 11 is 1.75. The fraction of sp³-hybridized carbons (Fsp3) is 0.333. The maximum Gasteiger partial charge on any atom is 0.0794 e. The molecule has 0 bridgehead atoms. The van der Waals surface area contributed by atoms with E-state index in [2.05, 4.69) is 48.9 Å². The molecule has 1 saturated heterocycles. The van der Waals surface area contributed by atoms with Gasteiger partial charge >= 0.3 is 0 Å². The van der Waals surface area contributed by atoms with Gasteiger partial charge in [0.1, 0.15) is 0 Å². The van der Waals surface area contributed by atoms with Gasteiger partial charge in [0.15, 0.2) is 0 Å². The highest BCUT2D eigenvalue weighted by Gasteiger charge is 2.25. The van der Waals surface area contributed by atoms with Gasteiger partial charge in [0.25, 0.3) is 0 Å². The minimum Gasteiger partial charge on any atom is -0.298 e. The predicted octanol–water partition coefficient (Wildman–Crippen LogP) is 2.85. The molecule has 0 spiro atoms. The summed E-state index contributed by atoms with van der Waals surface area (Å²) in [6.45, 7) is 3.16. The number of hydrogen-bond acceptors (Lipinski definition) is 4. The first-order chi connectivity index (χ1) is 10.4. The van der Waals surface area contributed by atoms with E-state index in [4.69, 9.17) is 0 Å². The SMILES string of the molecule is c1csc(-c2[nH]ncc2CN2CCC(c3ccn[nH]3)C2)c1. The van der Waals surface area contributed by atoms with Gasteiger partial charge in [0.05, 0.1) is 16.8 Å². The van der Waals surface area contributed by atoms with Crippen LogP contribution < -0.4 is 0 Å². The number of nitrogens with one attached hydrogen (secondary N) is 2. The third-order valence-electron chi connectivity index (χ3n) is 4.11. The number of likely N-dealkylation sites (tertiary alicyclic amines) is 1. The number of H-pyrrole nitrogens is 2. The number of rotatable bonds is 4. The van der Waals surface area contributed by atoms with Crippen LogP contribution in [0.4, 0.5) is 0 Å². The Bertz CT molecular complexity index is 686. The van der Waals surface area contributed by atoms with Gasteiger partial charge in [-0.05, 0) is 30.5 Å². The first-order valence-corrected chi connectivity index (χ1v) is 8.06. The van der Waals surface area contributed by atoms with Crippen LogP contribution in [0.15, 0.2) is 36.0 Å². The smallest absolute Gasteiger partial charge is 0.0794 e. The quantitative estimate of drug-likeness (QED) is 0.779. The second-order valence-corrected chi connectivity index (χ2v) is 6.43. The van der Waals surface area contributed by atoms with Gasteiger partial charge in [-0.1, -0.05) is 6.07 Å². The van der Waals surface area contributed by atoms with Gasteiger partial charge in [0, 0.05) is 36.5 Å². The Labute approximate surface area is 127 Å². The Morgan fingerprint density at radius 3 is 3.10 bits per heavy atom. The van der Waals surface area contributed by atoms with Crippen LogP contribution in [-0.4, -0.2) is 38.4 Å². The summed E-state index contributed by atoms with van der Waals surface area (Å²) in [5, 5.41) is 16.6. The van der Waals surface area contributed by atoms with Crippen molar-refractivity contribution < 1.29 is 0 Å². The Morgan fingerprint density at radius 2 is 2.29 bits per heavy atom. The highest BCUT2D eigenvalue weighted by atomic mass is 32.1. The Hall–Kier alpha value is -1.92. The summed E-state index contributed by atoms with van der Waals surface area (Å²) < 4.78 is 0. The van der Waals surface area contributed by atoms with Gasteiger partial charge < -0.3 is 0 Å². The van der Waals surface area contributed by atoms with Crippen molar-refractivity contribution in [2.45, 2.75) is 18.9 Å². The second-order valence-electron chi connectivity index (χ2n) is 5.48. The van der Waals surface area contributed by atoms with E-state index in [1.54, 1.807) is 11.3 Å². The Kier molecular flexibility index (Phi) is 3.33. The Balaban J connectivity index is 1.47. The van der Waals surface area contributed by atoms with Crippen molar-refractivity contribution in [1.29, 1.82) is 0 Å². The molecule has 0 amide bonds. The van der Waals surface area contributed by atoms with Crippen LogP contribution in [0.2, 0.25) is 0 Å². The van der Waals surface area contributed by atoms with E-state index in [0.717, 1.165) is 25.3 Å². The van der Waals surface area contributed by atoms with Gasteiger partial charge in [-0.25, -0.2) is 0 Å². The van der Waals surface area contributed by atoms with Gasteiger partial charge in [0.2, 0.25) is 0 Å². The van der Waals surface area contributed by atoms with Gasteiger partial charge in [-0.15, -0.1) is 11.3 Å². The average Bonchev–Trinajstić information content (AvgIpc) is 3.28. The van der Waals surface area contributed by atoms with E-state index in [1.807, 2.05) is 12.4 Å². The van der Waals surface area contributed by atoms with Crippen LogP contribution in [0.1, 0.15) is 23.6 Å². The first kappa shape index (κ1) is 12.8. The number of aromatic amines is 2. The maximum absolute atomic E-state index is 4.23. The monoisotopic (exact) mass is 299 g/mol. The van der Waals surface area contributed by atoms with E-state index in [-0.39, 0.29) is 0 Å². The lowest BCUT2D eigenvalue weighted by atomic mass is 10.1. The van der Waals surface area contributed by atoms with Crippen molar-refractivity contribution in [3.63, 3.8) is 0 Å². The van der Waals surface area contributed by atoms with E-state index in [1.165, 1.54) is 22.6 Å². The van der Waals surface area contributed by atoms with Crippen molar-refractivity contribution >= 4 is 11.3 Å². The number of nitrogens with zero attached hydrogens (tertiary/aromatic N) is 3. The molecule has 5 nitrogen and oxygen atoms in total. The van der Waals surface area contributed by atoms with Crippen molar-refractivity contribution in [2.24, 2.45) is 0 Å². The number of aromatic nitrogens is 4. The molecule has 1 aliphatic rings. The molecule has 1 unspecified atom stereocenters. The molecule has 0 radical (unpaired) electrons. The maximum atomic E-state index is 4.23. The molecule has 4 heterocycles. The van der Waals surface area contributed by atoms with Crippen LogP contribution >= 0.6 is 11.3 Å². The summed E-state index contributed by atoms with van der Waals surface area (Å²) in [4.78, 5) is 3.75.